The molecule has 0 amide bonds. The van der Waals surface area contributed by atoms with Crippen molar-refractivity contribution < 1.29 is 0 Å². The van der Waals surface area contributed by atoms with E-state index < -0.39 is 0 Å². The Hall–Kier alpha value is -2.07. The predicted octanol–water partition coefficient (Wildman–Crippen LogP) is 3.19. The highest BCUT2D eigenvalue weighted by molar-refractivity contribution is 6.63. The lowest BCUT2D eigenvalue weighted by Crippen LogP contribution is -2.46. The Morgan fingerprint density at radius 2 is 1.58 bits per heavy atom. The highest BCUT2D eigenvalue weighted by atomic mass is 15.1. The van der Waals surface area contributed by atoms with Crippen LogP contribution in [0.1, 0.15) is 0 Å². The summed E-state index contributed by atoms with van der Waals surface area (Å²) in [5.41, 5.74) is 2.07. The van der Waals surface area contributed by atoms with E-state index in [1.807, 2.05) is 61.9 Å². The summed E-state index contributed by atoms with van der Waals surface area (Å²) in [7, 11) is 1.94. The molecule has 0 saturated heterocycles. The molecule has 0 aliphatic rings. The molecule has 0 atom stereocenters. The fourth-order valence-corrected chi connectivity index (χ4v) is 1.77. The van der Waals surface area contributed by atoms with Crippen molar-refractivity contribution in [3.63, 3.8) is 0 Å². The topological polar surface area (TPSA) is 27.6 Å². The Morgan fingerprint density at radius 1 is 1.00 bits per heavy atom. The smallest absolute Gasteiger partial charge is 0.342 e. The molecule has 0 spiro atoms. The summed E-state index contributed by atoms with van der Waals surface area (Å²) in [6, 6.07) is 20.2. The van der Waals surface area contributed by atoms with Crippen LogP contribution in [0.15, 0.2) is 65.7 Å². The third-order valence-corrected chi connectivity index (χ3v) is 2.98. The first kappa shape index (κ1) is 13.4. The maximum absolute atomic E-state index is 4.51. The molecule has 2 aromatic rings. The van der Waals surface area contributed by atoms with Gasteiger partial charge < -0.3 is 10.0 Å². The van der Waals surface area contributed by atoms with Gasteiger partial charge in [-0.3, -0.25) is 0 Å². The third-order valence-electron chi connectivity index (χ3n) is 2.98. The van der Waals surface area contributed by atoms with Gasteiger partial charge in [0.15, 0.2) is 0 Å². The van der Waals surface area contributed by atoms with Gasteiger partial charge in [-0.15, -0.1) is 0 Å². The van der Waals surface area contributed by atoms with Gasteiger partial charge >= 0.3 is 6.98 Å². The number of rotatable bonds is 5. The van der Waals surface area contributed by atoms with Crippen molar-refractivity contribution in [3.8, 4) is 0 Å². The summed E-state index contributed by atoms with van der Waals surface area (Å²) in [6.07, 6.45) is 1.87. The molecule has 96 valence electrons. The average molecular weight is 251 g/mol. The number of hydrogen-bond acceptors (Lipinski definition) is 2. The van der Waals surface area contributed by atoms with Gasteiger partial charge in [0, 0.05) is 5.69 Å². The Morgan fingerprint density at radius 3 is 2.16 bits per heavy atom. The molecular weight excluding hydrogens is 233 g/mol. The molecule has 0 heterocycles. The van der Waals surface area contributed by atoms with Gasteiger partial charge in [-0.05, 0) is 38.1 Å². The van der Waals surface area contributed by atoms with Crippen LogP contribution < -0.4 is 10.0 Å². The zero-order valence-electron chi connectivity index (χ0n) is 11.3. The zero-order valence-corrected chi connectivity index (χ0v) is 11.3. The van der Waals surface area contributed by atoms with Crippen molar-refractivity contribution in [2.45, 2.75) is 6.82 Å². The van der Waals surface area contributed by atoms with Crippen LogP contribution in [0.25, 0.3) is 0 Å². The van der Waals surface area contributed by atoms with E-state index in [2.05, 4.69) is 34.0 Å². The minimum absolute atomic E-state index is 0.176. The zero-order chi connectivity index (χ0) is 13.5. The molecule has 19 heavy (non-hydrogen) atoms. The maximum Gasteiger partial charge on any atom is 0.342 e. The Kier molecular flexibility index (Phi) is 4.75. The van der Waals surface area contributed by atoms with Crippen LogP contribution in [-0.4, -0.2) is 20.4 Å². The number of anilines is 1. The standard InChI is InChI=1S/C15H18BN3/c1-16(17-2)19(15-11-7-4-8-12-15)13-18-14-9-5-3-6-10-14/h3-13,17H,1-2H3. The molecule has 0 saturated carbocycles. The summed E-state index contributed by atoms with van der Waals surface area (Å²) in [4.78, 5) is 6.62. The van der Waals surface area contributed by atoms with Crippen LogP contribution in [0.4, 0.5) is 11.4 Å². The predicted molar refractivity (Wildman–Crippen MR) is 84.2 cm³/mol. The minimum Gasteiger partial charge on any atom is -0.362 e. The average Bonchev–Trinajstić information content (AvgIpc) is 2.49. The summed E-state index contributed by atoms with van der Waals surface area (Å²) in [5, 5.41) is 3.23. The fourth-order valence-electron chi connectivity index (χ4n) is 1.77. The molecule has 0 aromatic heterocycles. The van der Waals surface area contributed by atoms with Crippen molar-refractivity contribution in [1.29, 1.82) is 0 Å². The lowest BCUT2D eigenvalue weighted by atomic mass is 9.78. The van der Waals surface area contributed by atoms with Crippen LogP contribution in [0, 0.1) is 0 Å². The monoisotopic (exact) mass is 251 g/mol. The molecule has 1 N–H and O–H groups in total. The van der Waals surface area contributed by atoms with Gasteiger partial charge in [-0.2, -0.15) is 0 Å². The second kappa shape index (κ2) is 6.76. The molecule has 2 aromatic carbocycles. The molecule has 0 aliphatic heterocycles. The first-order valence-corrected chi connectivity index (χ1v) is 6.41. The van der Waals surface area contributed by atoms with Crippen LogP contribution >= 0.6 is 0 Å². The quantitative estimate of drug-likeness (QED) is 0.502. The Labute approximate surface area is 115 Å². The molecule has 0 fully saturated rings. The second-order valence-electron chi connectivity index (χ2n) is 4.29. The Bertz CT molecular complexity index is 513. The normalized spacial score (nSPS) is 10.6. The third kappa shape index (κ3) is 3.70. The summed E-state index contributed by atoms with van der Waals surface area (Å²) in [5.74, 6) is 0. The van der Waals surface area contributed by atoms with E-state index in [0.717, 1.165) is 11.4 Å². The van der Waals surface area contributed by atoms with Gasteiger partial charge in [0.2, 0.25) is 0 Å². The summed E-state index contributed by atoms with van der Waals surface area (Å²) >= 11 is 0. The molecule has 3 nitrogen and oxygen atoms in total. The largest absolute Gasteiger partial charge is 0.362 e. The molecule has 0 unspecified atom stereocenters. The van der Waals surface area contributed by atoms with E-state index in [1.54, 1.807) is 0 Å². The SMILES string of the molecule is CNB(C)N(C=Nc1ccccc1)c1ccccc1. The molecule has 4 heteroatoms. The molecule has 0 radical (unpaired) electrons. The number of aliphatic imine (C=N–C) groups is 1. The van der Waals surface area contributed by atoms with Gasteiger partial charge in [-0.25, -0.2) is 4.99 Å². The molecule has 0 bridgehead atoms. The second-order valence-corrected chi connectivity index (χ2v) is 4.29. The van der Waals surface area contributed by atoms with Crippen molar-refractivity contribution in [2.75, 3.05) is 11.9 Å². The van der Waals surface area contributed by atoms with Crippen LogP contribution in [-0.2, 0) is 0 Å². The van der Waals surface area contributed by atoms with Crippen molar-refractivity contribution in [3.05, 3.63) is 60.7 Å². The first-order valence-electron chi connectivity index (χ1n) is 6.41. The first-order chi connectivity index (χ1) is 9.31. The van der Waals surface area contributed by atoms with Crippen molar-refractivity contribution >= 4 is 24.7 Å². The summed E-state index contributed by atoms with van der Waals surface area (Å²) in [6.45, 7) is 2.28. The van der Waals surface area contributed by atoms with E-state index in [1.165, 1.54) is 0 Å². The van der Waals surface area contributed by atoms with E-state index in [9.17, 15) is 0 Å². The number of nitrogens with zero attached hydrogens (tertiary/aromatic N) is 2. The number of nitrogens with one attached hydrogen (secondary N) is 1. The molecule has 2 rings (SSSR count). The van der Waals surface area contributed by atoms with Crippen LogP contribution in [0.5, 0.6) is 0 Å². The minimum atomic E-state index is 0.176. The lowest BCUT2D eigenvalue weighted by Gasteiger charge is -2.23. The molecule has 0 aliphatic carbocycles. The Balaban J connectivity index is 2.22. The van der Waals surface area contributed by atoms with Crippen molar-refractivity contribution in [1.82, 2.24) is 5.23 Å². The van der Waals surface area contributed by atoms with Gasteiger partial charge in [0.05, 0.1) is 12.0 Å². The van der Waals surface area contributed by atoms with Crippen molar-refractivity contribution in [2.24, 2.45) is 4.99 Å². The lowest BCUT2D eigenvalue weighted by molar-refractivity contribution is 1.18. The van der Waals surface area contributed by atoms with E-state index in [0.29, 0.717) is 0 Å². The number of para-hydroxylation sites is 2. The summed E-state index contributed by atoms with van der Waals surface area (Å²) < 4.78 is 0. The highest BCUT2D eigenvalue weighted by Gasteiger charge is 2.15. The highest BCUT2D eigenvalue weighted by Crippen LogP contribution is 2.14. The van der Waals surface area contributed by atoms with Gasteiger partial charge in [0.1, 0.15) is 0 Å². The number of hydrogen-bond donors (Lipinski definition) is 1. The maximum atomic E-state index is 4.51. The van der Waals surface area contributed by atoms with E-state index in [-0.39, 0.29) is 6.98 Å². The van der Waals surface area contributed by atoms with Gasteiger partial charge in [0.25, 0.3) is 0 Å². The van der Waals surface area contributed by atoms with E-state index >= 15 is 0 Å². The number of benzene rings is 2. The molecular formula is C15H18BN3. The van der Waals surface area contributed by atoms with Crippen LogP contribution in [0.3, 0.4) is 0 Å². The fraction of sp³-hybridized carbons (Fsp3) is 0.133. The van der Waals surface area contributed by atoms with Gasteiger partial charge in [-0.1, -0.05) is 36.4 Å². The van der Waals surface area contributed by atoms with Crippen LogP contribution in [0.2, 0.25) is 6.82 Å². The van der Waals surface area contributed by atoms with E-state index in [4.69, 9.17) is 0 Å².